The van der Waals surface area contributed by atoms with Crippen LogP contribution < -0.4 is 4.74 Å². The van der Waals surface area contributed by atoms with E-state index in [1.54, 1.807) is 0 Å². The molecule has 1 N–H and O–H groups in total. The minimum absolute atomic E-state index is 0.0387. The summed E-state index contributed by atoms with van der Waals surface area (Å²) in [5, 5.41) is 1.16. The molecule has 1 aromatic carbocycles. The van der Waals surface area contributed by atoms with E-state index in [1.165, 1.54) is 0 Å². The Balaban J connectivity index is 1.40. The average molecular weight is 316 g/mol. The first-order valence-corrected chi connectivity index (χ1v) is 8.35. The topological polar surface area (TPSA) is 54.6 Å². The van der Waals surface area contributed by atoms with Crippen LogP contribution in [0.2, 0.25) is 0 Å². The first-order chi connectivity index (χ1) is 11.3. The summed E-state index contributed by atoms with van der Waals surface area (Å²) in [5.74, 6) is 0.935. The standard InChI is InChI=1S/C18H24N2O3/c1-2-22-18(21)14-6-9-20(10-7-14)11-12-23-16-3-4-17-15(13-16)5-8-19-17/h3-5,8,13-14,19H,2,6-7,9-12H2,1H3. The monoisotopic (exact) mass is 316 g/mol. The summed E-state index contributed by atoms with van der Waals surface area (Å²) in [4.78, 5) is 17.2. The van der Waals surface area contributed by atoms with Crippen LogP contribution in [0.5, 0.6) is 5.75 Å². The molecule has 5 nitrogen and oxygen atoms in total. The average Bonchev–Trinajstić information content (AvgIpc) is 3.03. The van der Waals surface area contributed by atoms with Gasteiger partial charge in [-0.3, -0.25) is 9.69 Å². The first kappa shape index (κ1) is 15.9. The lowest BCUT2D eigenvalue weighted by molar-refractivity contribution is -0.149. The third kappa shape index (κ3) is 4.05. The maximum absolute atomic E-state index is 11.7. The zero-order chi connectivity index (χ0) is 16.1. The van der Waals surface area contributed by atoms with Crippen LogP contribution in [-0.4, -0.2) is 48.7 Å². The largest absolute Gasteiger partial charge is 0.492 e. The number of piperidine rings is 1. The molecule has 0 spiro atoms. The molecule has 1 aliphatic rings. The number of rotatable bonds is 6. The Morgan fingerprint density at radius 3 is 2.91 bits per heavy atom. The Labute approximate surface area is 136 Å². The molecule has 0 aliphatic carbocycles. The SMILES string of the molecule is CCOC(=O)C1CCN(CCOc2ccc3[nH]ccc3c2)CC1. The molecule has 3 rings (SSSR count). The number of nitrogens with zero attached hydrogens (tertiary/aromatic N) is 1. The Morgan fingerprint density at radius 1 is 1.30 bits per heavy atom. The molecule has 0 bridgehead atoms. The van der Waals surface area contributed by atoms with Gasteiger partial charge in [-0.25, -0.2) is 0 Å². The molecule has 0 saturated carbocycles. The highest BCUT2D eigenvalue weighted by Gasteiger charge is 2.25. The fourth-order valence-electron chi connectivity index (χ4n) is 3.07. The van der Waals surface area contributed by atoms with Crippen molar-refractivity contribution in [3.8, 4) is 5.75 Å². The Morgan fingerprint density at radius 2 is 2.13 bits per heavy atom. The second-order valence-corrected chi connectivity index (χ2v) is 5.94. The first-order valence-electron chi connectivity index (χ1n) is 8.35. The summed E-state index contributed by atoms with van der Waals surface area (Å²) in [7, 11) is 0. The number of carbonyl (C=O) groups excluding carboxylic acids is 1. The number of aromatic amines is 1. The number of nitrogens with one attached hydrogen (secondary N) is 1. The molecule has 1 aromatic heterocycles. The van der Waals surface area contributed by atoms with Crippen LogP contribution in [0.3, 0.4) is 0 Å². The second kappa shape index (κ2) is 7.51. The van der Waals surface area contributed by atoms with Gasteiger partial charge in [-0.15, -0.1) is 0 Å². The minimum Gasteiger partial charge on any atom is -0.492 e. The van der Waals surface area contributed by atoms with E-state index >= 15 is 0 Å². The summed E-state index contributed by atoms with van der Waals surface area (Å²) in [6.45, 7) is 5.75. The number of carbonyl (C=O) groups is 1. The van der Waals surface area contributed by atoms with Crippen LogP contribution in [0, 0.1) is 5.92 Å². The molecule has 23 heavy (non-hydrogen) atoms. The second-order valence-electron chi connectivity index (χ2n) is 5.94. The van der Waals surface area contributed by atoms with Crippen molar-refractivity contribution in [1.82, 2.24) is 9.88 Å². The maximum Gasteiger partial charge on any atom is 0.309 e. The molecule has 0 unspecified atom stereocenters. The van der Waals surface area contributed by atoms with Crippen LogP contribution in [0.1, 0.15) is 19.8 Å². The fraction of sp³-hybridized carbons (Fsp3) is 0.500. The van der Waals surface area contributed by atoms with E-state index in [0.29, 0.717) is 13.2 Å². The van der Waals surface area contributed by atoms with Crippen molar-refractivity contribution in [3.63, 3.8) is 0 Å². The van der Waals surface area contributed by atoms with Gasteiger partial charge >= 0.3 is 5.97 Å². The van der Waals surface area contributed by atoms with Gasteiger partial charge in [-0.2, -0.15) is 0 Å². The van der Waals surface area contributed by atoms with E-state index in [9.17, 15) is 4.79 Å². The molecule has 1 aliphatic heterocycles. The van der Waals surface area contributed by atoms with Crippen molar-refractivity contribution >= 4 is 16.9 Å². The van der Waals surface area contributed by atoms with Gasteiger partial charge in [-0.05, 0) is 57.1 Å². The molecule has 1 fully saturated rings. The molecule has 0 radical (unpaired) electrons. The predicted molar refractivity (Wildman–Crippen MR) is 89.6 cm³/mol. The zero-order valence-electron chi connectivity index (χ0n) is 13.6. The van der Waals surface area contributed by atoms with Crippen molar-refractivity contribution in [2.45, 2.75) is 19.8 Å². The van der Waals surface area contributed by atoms with Crippen LogP contribution in [0.25, 0.3) is 10.9 Å². The Bertz CT molecular complexity index is 645. The number of likely N-dealkylation sites (tertiary alicyclic amines) is 1. The van der Waals surface area contributed by atoms with E-state index in [2.05, 4.69) is 16.0 Å². The molecular formula is C18H24N2O3. The molecule has 0 amide bonds. The van der Waals surface area contributed by atoms with Crippen molar-refractivity contribution in [2.75, 3.05) is 32.8 Å². The minimum atomic E-state index is -0.0387. The third-order valence-electron chi connectivity index (χ3n) is 4.41. The number of esters is 1. The van der Waals surface area contributed by atoms with E-state index in [4.69, 9.17) is 9.47 Å². The predicted octanol–water partition coefficient (Wildman–Crippen LogP) is 2.82. The molecular weight excluding hydrogens is 292 g/mol. The molecule has 124 valence electrons. The summed E-state index contributed by atoms with van der Waals surface area (Å²) in [5.41, 5.74) is 1.12. The number of ether oxygens (including phenoxy) is 2. The third-order valence-corrected chi connectivity index (χ3v) is 4.41. The van der Waals surface area contributed by atoms with Gasteiger partial charge < -0.3 is 14.5 Å². The lowest BCUT2D eigenvalue weighted by Gasteiger charge is -2.30. The van der Waals surface area contributed by atoms with E-state index in [0.717, 1.165) is 49.1 Å². The highest BCUT2D eigenvalue weighted by Crippen LogP contribution is 2.21. The van der Waals surface area contributed by atoms with Crippen LogP contribution in [-0.2, 0) is 9.53 Å². The smallest absolute Gasteiger partial charge is 0.309 e. The van der Waals surface area contributed by atoms with Crippen LogP contribution in [0.15, 0.2) is 30.5 Å². The summed E-state index contributed by atoms with van der Waals surface area (Å²) in [6.07, 6.45) is 3.70. The number of benzene rings is 1. The van der Waals surface area contributed by atoms with Crippen LogP contribution >= 0.6 is 0 Å². The van der Waals surface area contributed by atoms with E-state index in [1.807, 2.05) is 31.3 Å². The van der Waals surface area contributed by atoms with Gasteiger partial charge in [0.1, 0.15) is 12.4 Å². The number of hydrogen-bond donors (Lipinski definition) is 1. The van der Waals surface area contributed by atoms with Crippen molar-refractivity contribution < 1.29 is 14.3 Å². The quantitative estimate of drug-likeness (QED) is 0.833. The number of hydrogen-bond acceptors (Lipinski definition) is 4. The lowest BCUT2D eigenvalue weighted by Crippen LogP contribution is -2.39. The molecule has 1 saturated heterocycles. The van der Waals surface area contributed by atoms with Gasteiger partial charge in [-0.1, -0.05) is 0 Å². The normalized spacial score (nSPS) is 16.6. The molecule has 0 atom stereocenters. The van der Waals surface area contributed by atoms with Crippen molar-refractivity contribution in [2.24, 2.45) is 5.92 Å². The number of fused-ring (bicyclic) bond motifs is 1. The van der Waals surface area contributed by atoms with Crippen molar-refractivity contribution in [1.29, 1.82) is 0 Å². The molecule has 2 aromatic rings. The van der Waals surface area contributed by atoms with Gasteiger partial charge in [0.25, 0.3) is 0 Å². The van der Waals surface area contributed by atoms with Gasteiger partial charge in [0.05, 0.1) is 12.5 Å². The summed E-state index contributed by atoms with van der Waals surface area (Å²) in [6, 6.07) is 8.13. The molecule has 2 heterocycles. The van der Waals surface area contributed by atoms with Gasteiger partial charge in [0.15, 0.2) is 0 Å². The van der Waals surface area contributed by atoms with Gasteiger partial charge in [0.2, 0.25) is 0 Å². The summed E-state index contributed by atoms with van der Waals surface area (Å²) < 4.78 is 11.0. The van der Waals surface area contributed by atoms with Crippen molar-refractivity contribution in [3.05, 3.63) is 30.5 Å². The maximum atomic E-state index is 11.7. The number of H-pyrrole nitrogens is 1. The van der Waals surface area contributed by atoms with Gasteiger partial charge in [0, 0.05) is 23.6 Å². The number of aromatic nitrogens is 1. The summed E-state index contributed by atoms with van der Waals surface area (Å²) >= 11 is 0. The lowest BCUT2D eigenvalue weighted by atomic mass is 9.97. The highest BCUT2D eigenvalue weighted by atomic mass is 16.5. The van der Waals surface area contributed by atoms with E-state index < -0.39 is 0 Å². The zero-order valence-corrected chi connectivity index (χ0v) is 13.6. The van der Waals surface area contributed by atoms with E-state index in [-0.39, 0.29) is 11.9 Å². The van der Waals surface area contributed by atoms with Crippen LogP contribution in [0.4, 0.5) is 0 Å². The molecule has 5 heteroatoms. The fourth-order valence-corrected chi connectivity index (χ4v) is 3.07. The highest BCUT2D eigenvalue weighted by molar-refractivity contribution is 5.80. The Hall–Kier alpha value is -2.01. The Kier molecular flexibility index (Phi) is 5.18.